The van der Waals surface area contributed by atoms with Gasteiger partial charge in [-0.2, -0.15) is 0 Å². The van der Waals surface area contributed by atoms with Crippen LogP contribution in [0.25, 0.3) is 27.2 Å². The molecule has 50 heavy (non-hydrogen) atoms. The number of hydrogen-bond donors (Lipinski definition) is 0. The number of imidazole rings is 1. The maximum Gasteiger partial charge on any atom is 0.261 e. The summed E-state index contributed by atoms with van der Waals surface area (Å²) in [5, 5.41) is 3.19. The smallest absolute Gasteiger partial charge is 0.261 e. The minimum Gasteiger partial charge on any atom is -0.306 e. The van der Waals surface area contributed by atoms with Gasteiger partial charge in [0, 0.05) is 82.5 Å². The predicted octanol–water partition coefficient (Wildman–Crippen LogP) is 5.64. The predicted molar refractivity (Wildman–Crippen MR) is 192 cm³/mol. The number of carbonyl (C=O) groups excluding carboxylic acids is 4. The molecule has 4 aromatic carbocycles. The minimum absolute atomic E-state index is 0.0564. The molecule has 254 valence electrons. The van der Waals surface area contributed by atoms with Crippen molar-refractivity contribution in [3.8, 4) is 5.69 Å². The van der Waals surface area contributed by atoms with Crippen LogP contribution in [-0.2, 0) is 0 Å². The molecule has 0 N–H and O–H groups in total. The minimum atomic E-state index is -0.259. The standard InChI is InChI=1S/C40H40N6O4/c1-42(22-24-45-36(47)29-11-5-8-27-9-6-12-30(34(27)29)37(45)48)20-18-40(16-3-4-17-40)43(2)23-25-46-38(49)31-13-7-10-28-33(44-21-19-41-26-44)15-14-32(35(28)31)39(46)50/h5-15,19,21,26H,3-4,16-18,20,22-25H2,1-2H3. The van der Waals surface area contributed by atoms with Crippen molar-refractivity contribution in [3.63, 3.8) is 0 Å². The van der Waals surface area contributed by atoms with Crippen LogP contribution in [0, 0.1) is 0 Å². The Morgan fingerprint density at radius 2 is 1.26 bits per heavy atom. The third-order valence-electron chi connectivity index (χ3n) is 11.3. The summed E-state index contributed by atoms with van der Waals surface area (Å²) < 4.78 is 1.89. The van der Waals surface area contributed by atoms with E-state index >= 15 is 0 Å². The molecule has 2 aliphatic heterocycles. The SMILES string of the molecule is CN(CCN1C(=O)c2cccc3cccc(c23)C1=O)CCC1(N(C)CCN2C(=O)c3cccc4c(-n5ccnc5)ccc(c34)C2=O)CCCC1. The number of aromatic nitrogens is 2. The van der Waals surface area contributed by atoms with Gasteiger partial charge in [0.05, 0.1) is 12.0 Å². The third kappa shape index (κ3) is 5.21. The summed E-state index contributed by atoms with van der Waals surface area (Å²) in [7, 11) is 4.15. The van der Waals surface area contributed by atoms with Crippen LogP contribution in [0.2, 0.25) is 0 Å². The number of carbonyl (C=O) groups is 4. The van der Waals surface area contributed by atoms with E-state index in [9.17, 15) is 19.2 Å². The lowest BCUT2D eigenvalue weighted by atomic mass is 9.90. The van der Waals surface area contributed by atoms with Crippen LogP contribution < -0.4 is 0 Å². The van der Waals surface area contributed by atoms with E-state index < -0.39 is 0 Å². The Morgan fingerprint density at radius 3 is 1.88 bits per heavy atom. The fourth-order valence-corrected chi connectivity index (χ4v) is 8.37. The molecule has 1 saturated carbocycles. The molecule has 1 aromatic heterocycles. The van der Waals surface area contributed by atoms with Crippen LogP contribution in [0.4, 0.5) is 0 Å². The van der Waals surface area contributed by atoms with E-state index in [2.05, 4.69) is 21.8 Å². The molecule has 0 atom stereocenters. The molecule has 4 amide bonds. The second-order valence-electron chi connectivity index (χ2n) is 14.0. The van der Waals surface area contributed by atoms with E-state index in [0.29, 0.717) is 53.8 Å². The van der Waals surface area contributed by atoms with Crippen LogP contribution in [0.3, 0.4) is 0 Å². The highest BCUT2D eigenvalue weighted by Crippen LogP contribution is 2.38. The first-order valence-electron chi connectivity index (χ1n) is 17.5. The van der Waals surface area contributed by atoms with Crippen LogP contribution in [0.1, 0.15) is 73.5 Å². The first kappa shape index (κ1) is 32.0. The average Bonchev–Trinajstić information content (AvgIpc) is 3.85. The van der Waals surface area contributed by atoms with Gasteiger partial charge >= 0.3 is 0 Å². The van der Waals surface area contributed by atoms with Crippen LogP contribution in [0.15, 0.2) is 85.5 Å². The fourth-order valence-electron chi connectivity index (χ4n) is 8.37. The summed E-state index contributed by atoms with van der Waals surface area (Å²) in [4.78, 5) is 65.9. The van der Waals surface area contributed by atoms with Gasteiger partial charge in [-0.1, -0.05) is 49.2 Å². The highest BCUT2D eigenvalue weighted by atomic mass is 16.2. The first-order valence-corrected chi connectivity index (χ1v) is 17.5. The van der Waals surface area contributed by atoms with E-state index in [1.54, 1.807) is 24.7 Å². The zero-order valence-electron chi connectivity index (χ0n) is 28.5. The summed E-state index contributed by atoms with van der Waals surface area (Å²) in [5.41, 5.74) is 3.07. The summed E-state index contributed by atoms with van der Waals surface area (Å²) in [6, 6.07) is 20.6. The highest BCUT2D eigenvalue weighted by molar-refractivity contribution is 6.27. The molecule has 0 saturated heterocycles. The van der Waals surface area contributed by atoms with Gasteiger partial charge in [0.15, 0.2) is 0 Å². The quantitative estimate of drug-likeness (QED) is 0.168. The number of rotatable bonds is 11. The third-order valence-corrected chi connectivity index (χ3v) is 11.3. The monoisotopic (exact) mass is 668 g/mol. The van der Waals surface area contributed by atoms with Crippen molar-refractivity contribution in [1.29, 1.82) is 0 Å². The molecule has 1 aliphatic carbocycles. The molecular formula is C40H40N6O4. The summed E-state index contributed by atoms with van der Waals surface area (Å²) >= 11 is 0. The topological polar surface area (TPSA) is 99.1 Å². The Morgan fingerprint density at radius 1 is 0.680 bits per heavy atom. The molecule has 3 heterocycles. The first-order chi connectivity index (χ1) is 24.3. The van der Waals surface area contributed by atoms with Crippen LogP contribution >= 0.6 is 0 Å². The number of imide groups is 2. The highest BCUT2D eigenvalue weighted by Gasteiger charge is 2.40. The number of hydrogen-bond acceptors (Lipinski definition) is 7. The van der Waals surface area contributed by atoms with Gasteiger partial charge < -0.3 is 9.47 Å². The van der Waals surface area contributed by atoms with Gasteiger partial charge in [-0.15, -0.1) is 0 Å². The van der Waals surface area contributed by atoms with Gasteiger partial charge in [-0.05, 0) is 75.6 Å². The Labute approximate surface area is 290 Å². The van der Waals surface area contributed by atoms with Gasteiger partial charge in [0.25, 0.3) is 23.6 Å². The lowest BCUT2D eigenvalue weighted by molar-refractivity contribution is 0.0529. The number of nitrogens with zero attached hydrogens (tertiary/aromatic N) is 6. The van der Waals surface area contributed by atoms with E-state index in [1.807, 2.05) is 72.4 Å². The number of likely N-dealkylation sites (N-methyl/N-ethyl adjacent to an activating group) is 2. The molecule has 1 fully saturated rings. The van der Waals surface area contributed by atoms with E-state index in [0.717, 1.165) is 60.5 Å². The normalized spacial score (nSPS) is 17.0. The van der Waals surface area contributed by atoms with Crippen molar-refractivity contribution in [2.24, 2.45) is 0 Å². The Hall–Kier alpha value is -5.19. The Bertz CT molecular complexity index is 2100. The second-order valence-corrected chi connectivity index (χ2v) is 14.0. The van der Waals surface area contributed by atoms with Crippen molar-refractivity contribution in [3.05, 3.63) is 108 Å². The molecule has 8 rings (SSSR count). The molecule has 0 spiro atoms. The summed E-state index contributed by atoms with van der Waals surface area (Å²) in [5.74, 6) is -0.992. The van der Waals surface area contributed by atoms with Crippen molar-refractivity contribution in [1.82, 2.24) is 29.2 Å². The maximum absolute atomic E-state index is 13.8. The summed E-state index contributed by atoms with van der Waals surface area (Å²) in [6.07, 6.45) is 10.5. The van der Waals surface area contributed by atoms with Crippen LogP contribution in [0.5, 0.6) is 0 Å². The lowest BCUT2D eigenvalue weighted by Gasteiger charge is -2.41. The Balaban J connectivity index is 0.918. The molecule has 0 radical (unpaired) electrons. The van der Waals surface area contributed by atoms with Gasteiger partial charge in [-0.3, -0.25) is 33.9 Å². The molecule has 0 bridgehead atoms. The summed E-state index contributed by atoms with van der Waals surface area (Å²) in [6.45, 7) is 2.56. The Kier molecular flexibility index (Phi) is 8.08. The maximum atomic E-state index is 13.8. The van der Waals surface area contributed by atoms with Crippen molar-refractivity contribution in [2.45, 2.75) is 37.6 Å². The zero-order chi connectivity index (χ0) is 34.6. The zero-order valence-corrected chi connectivity index (χ0v) is 28.5. The van der Waals surface area contributed by atoms with E-state index in [-0.39, 0.29) is 29.2 Å². The van der Waals surface area contributed by atoms with Gasteiger partial charge in [-0.25, -0.2) is 4.98 Å². The second kappa shape index (κ2) is 12.6. The van der Waals surface area contributed by atoms with Gasteiger partial charge in [0.2, 0.25) is 0 Å². The van der Waals surface area contributed by atoms with Crippen molar-refractivity contribution < 1.29 is 19.2 Å². The molecular weight excluding hydrogens is 628 g/mol. The van der Waals surface area contributed by atoms with Crippen molar-refractivity contribution >= 4 is 45.2 Å². The van der Waals surface area contributed by atoms with E-state index in [1.165, 1.54) is 9.80 Å². The lowest BCUT2D eigenvalue weighted by Crippen LogP contribution is -2.51. The molecule has 3 aliphatic rings. The molecule has 5 aromatic rings. The molecule has 10 heteroatoms. The number of benzene rings is 4. The van der Waals surface area contributed by atoms with Gasteiger partial charge in [0.1, 0.15) is 0 Å². The largest absolute Gasteiger partial charge is 0.306 e. The van der Waals surface area contributed by atoms with E-state index in [4.69, 9.17) is 0 Å². The average molecular weight is 669 g/mol. The number of amides is 4. The molecule has 0 unspecified atom stereocenters. The van der Waals surface area contributed by atoms with Crippen LogP contribution in [-0.4, -0.2) is 105 Å². The van der Waals surface area contributed by atoms with Crippen molar-refractivity contribution in [2.75, 3.05) is 46.8 Å². The molecule has 10 nitrogen and oxygen atoms in total. The fraction of sp³-hybridized carbons (Fsp3) is 0.325.